The second-order valence-corrected chi connectivity index (χ2v) is 7.45. The SMILES string of the molecule is COC(=O)/C=C/C[C@@H]1OC(C)(C)N(C(=O)OCc2ccccc2)[C@H]1CNC(=O)C(F)(F)F. The Morgan fingerprint density at radius 1 is 1.22 bits per heavy atom. The lowest BCUT2D eigenvalue weighted by molar-refractivity contribution is -0.173. The molecule has 0 spiro atoms. The van der Waals surface area contributed by atoms with E-state index in [0.717, 1.165) is 16.5 Å². The molecule has 1 N–H and O–H groups in total. The monoisotopic (exact) mass is 458 g/mol. The van der Waals surface area contributed by atoms with Gasteiger partial charge in [0.2, 0.25) is 0 Å². The maximum atomic E-state index is 12.9. The highest BCUT2D eigenvalue weighted by atomic mass is 19.4. The van der Waals surface area contributed by atoms with E-state index in [0.29, 0.717) is 0 Å². The lowest BCUT2D eigenvalue weighted by Crippen LogP contribution is -2.53. The molecule has 0 unspecified atom stereocenters. The first-order valence-corrected chi connectivity index (χ1v) is 9.73. The maximum Gasteiger partial charge on any atom is 0.471 e. The zero-order valence-corrected chi connectivity index (χ0v) is 17.8. The average Bonchev–Trinajstić information content (AvgIpc) is 2.99. The van der Waals surface area contributed by atoms with Gasteiger partial charge < -0.3 is 19.5 Å². The van der Waals surface area contributed by atoms with Crippen LogP contribution >= 0.6 is 0 Å². The fraction of sp³-hybridized carbons (Fsp3) is 0.476. The van der Waals surface area contributed by atoms with Crippen LogP contribution in [0.4, 0.5) is 18.0 Å². The first kappa shape index (κ1) is 25.2. The van der Waals surface area contributed by atoms with Crippen LogP contribution in [0.15, 0.2) is 42.5 Å². The molecule has 1 heterocycles. The van der Waals surface area contributed by atoms with Gasteiger partial charge in [-0.2, -0.15) is 13.2 Å². The van der Waals surface area contributed by atoms with E-state index in [-0.39, 0.29) is 13.0 Å². The van der Waals surface area contributed by atoms with E-state index in [4.69, 9.17) is 9.47 Å². The zero-order chi connectivity index (χ0) is 23.9. The van der Waals surface area contributed by atoms with Crippen LogP contribution in [-0.4, -0.2) is 60.6 Å². The molecule has 0 bridgehead atoms. The topological polar surface area (TPSA) is 94.2 Å². The fourth-order valence-corrected chi connectivity index (χ4v) is 3.31. The summed E-state index contributed by atoms with van der Waals surface area (Å²) in [7, 11) is 1.20. The van der Waals surface area contributed by atoms with Gasteiger partial charge in [0.1, 0.15) is 12.3 Å². The predicted octanol–water partition coefficient (Wildman–Crippen LogP) is 2.93. The minimum absolute atomic E-state index is 0.0548. The van der Waals surface area contributed by atoms with E-state index in [9.17, 15) is 27.6 Å². The second-order valence-electron chi connectivity index (χ2n) is 7.45. The van der Waals surface area contributed by atoms with Gasteiger partial charge >= 0.3 is 24.1 Å². The highest BCUT2D eigenvalue weighted by molar-refractivity contribution is 5.82. The van der Waals surface area contributed by atoms with Crippen molar-refractivity contribution in [2.75, 3.05) is 13.7 Å². The quantitative estimate of drug-likeness (QED) is 0.499. The summed E-state index contributed by atoms with van der Waals surface area (Å²) in [6, 6.07) is 7.85. The summed E-state index contributed by atoms with van der Waals surface area (Å²) in [5.41, 5.74) is -0.524. The molecule has 1 fully saturated rings. The Balaban J connectivity index is 2.19. The molecular formula is C21H25F3N2O6. The summed E-state index contributed by atoms with van der Waals surface area (Å²) in [5, 5.41) is 1.79. The molecule has 0 saturated carbocycles. The van der Waals surface area contributed by atoms with Gasteiger partial charge in [0.15, 0.2) is 0 Å². The summed E-state index contributed by atoms with van der Waals surface area (Å²) in [4.78, 5) is 36.6. The number of nitrogens with one attached hydrogen (secondary N) is 1. The molecule has 8 nitrogen and oxygen atoms in total. The molecule has 32 heavy (non-hydrogen) atoms. The third kappa shape index (κ3) is 6.71. The van der Waals surface area contributed by atoms with Gasteiger partial charge in [-0.05, 0) is 25.8 Å². The highest BCUT2D eigenvalue weighted by Crippen LogP contribution is 2.34. The molecule has 1 aliphatic rings. The van der Waals surface area contributed by atoms with Gasteiger partial charge in [-0.15, -0.1) is 0 Å². The standard InChI is InChI=1S/C21H25F3N2O6/c1-20(2)26(19(29)31-13-14-8-5-4-6-9-14)15(12-25-18(28)21(22,23)24)16(32-20)10-7-11-17(27)30-3/h4-9,11,15-16H,10,12-13H2,1-3H3,(H,25,28)/b11-7+/t15-,16-/m0/s1. The number of amides is 2. The van der Waals surface area contributed by atoms with E-state index in [1.54, 1.807) is 49.5 Å². The maximum absolute atomic E-state index is 12.9. The molecule has 1 aliphatic heterocycles. The molecule has 11 heteroatoms. The summed E-state index contributed by atoms with van der Waals surface area (Å²) in [6.45, 7) is 2.53. The van der Waals surface area contributed by atoms with Gasteiger partial charge in [-0.25, -0.2) is 9.59 Å². The second kappa shape index (κ2) is 10.5. The predicted molar refractivity (Wildman–Crippen MR) is 106 cm³/mol. The van der Waals surface area contributed by atoms with Crippen molar-refractivity contribution in [1.82, 2.24) is 10.2 Å². The summed E-state index contributed by atoms with van der Waals surface area (Å²) in [5.74, 6) is -2.76. The third-order valence-electron chi connectivity index (χ3n) is 4.74. The number of methoxy groups -OCH3 is 1. The van der Waals surface area contributed by atoms with Crippen LogP contribution in [0.2, 0.25) is 0 Å². The number of alkyl halides is 3. The summed E-state index contributed by atoms with van der Waals surface area (Å²) < 4.78 is 53.7. The lowest BCUT2D eigenvalue weighted by atomic mass is 10.1. The molecule has 176 valence electrons. The van der Waals surface area contributed by atoms with E-state index >= 15 is 0 Å². The first-order valence-electron chi connectivity index (χ1n) is 9.73. The Morgan fingerprint density at radius 3 is 2.47 bits per heavy atom. The van der Waals surface area contributed by atoms with Crippen molar-refractivity contribution >= 4 is 18.0 Å². The smallest absolute Gasteiger partial charge is 0.466 e. The Labute approximate surface area is 183 Å². The number of carbonyl (C=O) groups excluding carboxylic acids is 3. The molecule has 2 rings (SSSR count). The zero-order valence-electron chi connectivity index (χ0n) is 17.8. The van der Waals surface area contributed by atoms with Gasteiger partial charge in [0.25, 0.3) is 0 Å². The number of esters is 1. The van der Waals surface area contributed by atoms with Crippen molar-refractivity contribution in [3.05, 3.63) is 48.0 Å². The molecule has 1 aromatic rings. The minimum atomic E-state index is -5.08. The van der Waals surface area contributed by atoms with Gasteiger partial charge in [0.05, 0.1) is 19.3 Å². The molecule has 1 aromatic carbocycles. The molecule has 1 saturated heterocycles. The van der Waals surface area contributed by atoms with Crippen molar-refractivity contribution in [2.45, 2.75) is 50.9 Å². The van der Waals surface area contributed by atoms with E-state index in [1.165, 1.54) is 13.2 Å². The van der Waals surface area contributed by atoms with Crippen LogP contribution in [0.5, 0.6) is 0 Å². The minimum Gasteiger partial charge on any atom is -0.466 e. The number of hydrogen-bond acceptors (Lipinski definition) is 6. The van der Waals surface area contributed by atoms with Crippen LogP contribution in [-0.2, 0) is 30.4 Å². The van der Waals surface area contributed by atoms with Crippen LogP contribution in [0.1, 0.15) is 25.8 Å². The Hall–Kier alpha value is -3.08. The number of nitrogens with zero attached hydrogens (tertiary/aromatic N) is 1. The van der Waals surface area contributed by atoms with Crippen LogP contribution in [0.3, 0.4) is 0 Å². The third-order valence-corrected chi connectivity index (χ3v) is 4.74. The Kier molecular flexibility index (Phi) is 8.25. The van der Waals surface area contributed by atoms with Gasteiger partial charge in [0, 0.05) is 12.6 Å². The molecule has 0 aliphatic carbocycles. The molecule has 0 radical (unpaired) electrons. The van der Waals surface area contributed by atoms with Crippen LogP contribution < -0.4 is 5.32 Å². The number of rotatable bonds is 7. The normalized spacial score (nSPS) is 20.2. The Bertz CT molecular complexity index is 842. The molecule has 2 atom stereocenters. The van der Waals surface area contributed by atoms with Gasteiger partial charge in [-0.3, -0.25) is 9.69 Å². The van der Waals surface area contributed by atoms with Crippen LogP contribution in [0, 0.1) is 0 Å². The molecular weight excluding hydrogens is 433 g/mol. The summed E-state index contributed by atoms with van der Waals surface area (Å²) >= 11 is 0. The largest absolute Gasteiger partial charge is 0.471 e. The van der Waals surface area contributed by atoms with Crippen LogP contribution in [0.25, 0.3) is 0 Å². The van der Waals surface area contributed by atoms with Crippen molar-refractivity contribution in [1.29, 1.82) is 0 Å². The number of halogens is 3. The average molecular weight is 458 g/mol. The fourth-order valence-electron chi connectivity index (χ4n) is 3.31. The van der Waals surface area contributed by atoms with E-state index in [2.05, 4.69) is 4.74 Å². The van der Waals surface area contributed by atoms with Crippen molar-refractivity contribution in [2.24, 2.45) is 0 Å². The van der Waals surface area contributed by atoms with Crippen molar-refractivity contribution in [3.63, 3.8) is 0 Å². The van der Waals surface area contributed by atoms with Crippen molar-refractivity contribution in [3.8, 4) is 0 Å². The van der Waals surface area contributed by atoms with E-state index < -0.39 is 48.6 Å². The molecule has 0 aromatic heterocycles. The number of carbonyl (C=O) groups is 3. The van der Waals surface area contributed by atoms with Crippen molar-refractivity contribution < 1.29 is 41.8 Å². The van der Waals surface area contributed by atoms with E-state index in [1.807, 2.05) is 0 Å². The van der Waals surface area contributed by atoms with Gasteiger partial charge in [-0.1, -0.05) is 36.4 Å². The first-order chi connectivity index (χ1) is 15.0. The summed E-state index contributed by atoms with van der Waals surface area (Å²) in [6.07, 6.45) is -4.07. The molecule has 2 amide bonds. The number of hydrogen-bond donors (Lipinski definition) is 1. The highest BCUT2D eigenvalue weighted by Gasteiger charge is 2.51. The lowest BCUT2D eigenvalue weighted by Gasteiger charge is -2.32. The number of benzene rings is 1. The Morgan fingerprint density at radius 2 is 1.88 bits per heavy atom. The number of ether oxygens (including phenoxy) is 3.